The Labute approximate surface area is 111 Å². The molecule has 1 unspecified atom stereocenters. The van der Waals surface area contributed by atoms with Crippen molar-refractivity contribution >= 4 is 29.0 Å². The van der Waals surface area contributed by atoms with Gasteiger partial charge in [0, 0.05) is 28.5 Å². The molecule has 2 rings (SSSR count). The van der Waals surface area contributed by atoms with E-state index < -0.39 is 0 Å². The molecule has 0 radical (unpaired) electrons. The van der Waals surface area contributed by atoms with Crippen molar-refractivity contribution < 1.29 is 4.79 Å². The van der Waals surface area contributed by atoms with Gasteiger partial charge in [-0.2, -0.15) is 0 Å². The molecule has 1 amide bonds. The lowest BCUT2D eigenvalue weighted by atomic mass is 10.1. The van der Waals surface area contributed by atoms with Crippen LogP contribution in [-0.4, -0.2) is 23.1 Å². The molecule has 1 aromatic rings. The maximum absolute atomic E-state index is 12.2. The summed E-state index contributed by atoms with van der Waals surface area (Å²) in [6.45, 7) is 7.22. The number of rotatable bonds is 3. The summed E-state index contributed by atoms with van der Waals surface area (Å²) in [4.78, 5) is 16.9. The van der Waals surface area contributed by atoms with E-state index in [1.54, 1.807) is 0 Å². The van der Waals surface area contributed by atoms with Gasteiger partial charge in [0.05, 0.1) is 0 Å². The minimum Gasteiger partial charge on any atom is -0.325 e. The second-order valence-electron chi connectivity index (χ2n) is 4.86. The van der Waals surface area contributed by atoms with Gasteiger partial charge < -0.3 is 4.90 Å². The number of thiophene rings is 1. The van der Waals surface area contributed by atoms with Crippen LogP contribution >= 0.6 is 23.1 Å². The van der Waals surface area contributed by atoms with Crippen LogP contribution in [0.2, 0.25) is 0 Å². The van der Waals surface area contributed by atoms with E-state index in [0.29, 0.717) is 18.2 Å². The lowest BCUT2D eigenvalue weighted by molar-refractivity contribution is -0.132. The van der Waals surface area contributed by atoms with Crippen molar-refractivity contribution in [2.75, 3.05) is 12.3 Å². The molecule has 2 nitrogen and oxygen atoms in total. The summed E-state index contributed by atoms with van der Waals surface area (Å²) in [7, 11) is 0. The first kappa shape index (κ1) is 13.0. The first-order valence-corrected chi connectivity index (χ1v) is 7.92. The normalized spacial score (nSPS) is 20.2. The third-order valence-electron chi connectivity index (χ3n) is 2.80. The van der Waals surface area contributed by atoms with Crippen LogP contribution in [0.4, 0.5) is 0 Å². The number of aryl methyl sites for hydroxylation is 1. The molecule has 0 bridgehead atoms. The Balaban J connectivity index is 2.09. The monoisotopic (exact) mass is 269 g/mol. The molecule has 0 aromatic carbocycles. The molecule has 1 atom stereocenters. The number of nitrogens with zero attached hydrogens (tertiary/aromatic N) is 1. The molecule has 4 heteroatoms. The fourth-order valence-corrected chi connectivity index (χ4v) is 4.41. The average molecular weight is 269 g/mol. The average Bonchev–Trinajstić information content (AvgIpc) is 2.83. The van der Waals surface area contributed by atoms with Gasteiger partial charge in [-0.3, -0.25) is 4.79 Å². The van der Waals surface area contributed by atoms with Crippen molar-refractivity contribution in [3.63, 3.8) is 0 Å². The predicted octanol–water partition coefficient (Wildman–Crippen LogP) is 3.68. The molecular weight excluding hydrogens is 250 g/mol. The van der Waals surface area contributed by atoms with Crippen molar-refractivity contribution in [1.29, 1.82) is 0 Å². The van der Waals surface area contributed by atoms with Crippen LogP contribution in [-0.2, 0) is 4.79 Å². The van der Waals surface area contributed by atoms with Crippen LogP contribution < -0.4 is 0 Å². The minimum atomic E-state index is 0.264. The van der Waals surface area contributed by atoms with Crippen LogP contribution in [0.3, 0.4) is 0 Å². The molecule has 1 fully saturated rings. The Hall–Kier alpha value is -0.480. The van der Waals surface area contributed by atoms with Gasteiger partial charge in [-0.15, -0.1) is 23.1 Å². The van der Waals surface area contributed by atoms with Crippen molar-refractivity contribution in [2.24, 2.45) is 5.92 Å². The van der Waals surface area contributed by atoms with E-state index in [1.165, 1.54) is 9.75 Å². The number of carbonyl (C=O) groups is 1. The predicted molar refractivity (Wildman–Crippen MR) is 75.4 cm³/mol. The topological polar surface area (TPSA) is 20.3 Å². The van der Waals surface area contributed by atoms with E-state index in [4.69, 9.17) is 0 Å². The first-order chi connectivity index (χ1) is 8.08. The fraction of sp³-hybridized carbons (Fsp3) is 0.615. The van der Waals surface area contributed by atoms with Crippen LogP contribution in [0.5, 0.6) is 0 Å². The highest BCUT2D eigenvalue weighted by Crippen LogP contribution is 2.41. The summed E-state index contributed by atoms with van der Waals surface area (Å²) in [5.41, 5.74) is 0. The Morgan fingerprint density at radius 1 is 1.53 bits per heavy atom. The third-order valence-corrected chi connectivity index (χ3v) is 5.24. The molecule has 0 spiro atoms. The smallest absolute Gasteiger partial charge is 0.224 e. The van der Waals surface area contributed by atoms with Gasteiger partial charge in [-0.05, 0) is 25.0 Å². The van der Waals surface area contributed by atoms with Gasteiger partial charge in [0.25, 0.3) is 0 Å². The Morgan fingerprint density at radius 3 is 2.88 bits per heavy atom. The molecule has 0 N–H and O–H groups in total. The summed E-state index contributed by atoms with van der Waals surface area (Å²) in [6.07, 6.45) is 0.668. The van der Waals surface area contributed by atoms with E-state index in [1.807, 2.05) is 23.1 Å². The Kier molecular flexibility index (Phi) is 4.15. The SMILES string of the molecule is Cc1ccc(C2SCCN2C(=O)CC(C)C)s1. The summed E-state index contributed by atoms with van der Waals surface area (Å²) >= 11 is 3.70. The van der Waals surface area contributed by atoms with Crippen molar-refractivity contribution in [3.8, 4) is 0 Å². The van der Waals surface area contributed by atoms with Crippen molar-refractivity contribution in [3.05, 3.63) is 21.9 Å². The van der Waals surface area contributed by atoms with E-state index in [0.717, 1.165) is 12.3 Å². The number of carbonyl (C=O) groups excluding carboxylic acids is 1. The van der Waals surface area contributed by atoms with E-state index >= 15 is 0 Å². The van der Waals surface area contributed by atoms with E-state index in [9.17, 15) is 4.79 Å². The fourth-order valence-electron chi connectivity index (χ4n) is 2.01. The molecule has 1 aliphatic rings. The standard InChI is InChI=1S/C13H19NOS2/c1-9(2)8-12(15)14-6-7-16-13(14)11-5-4-10(3)17-11/h4-5,9,13H,6-8H2,1-3H3. The molecule has 1 saturated heterocycles. The lowest BCUT2D eigenvalue weighted by Crippen LogP contribution is -2.30. The number of hydrogen-bond donors (Lipinski definition) is 0. The second kappa shape index (κ2) is 5.44. The van der Waals surface area contributed by atoms with Gasteiger partial charge in [-0.1, -0.05) is 13.8 Å². The number of hydrogen-bond acceptors (Lipinski definition) is 3. The maximum Gasteiger partial charge on any atom is 0.224 e. The Morgan fingerprint density at radius 2 is 2.29 bits per heavy atom. The van der Waals surface area contributed by atoms with Gasteiger partial charge in [-0.25, -0.2) is 0 Å². The summed E-state index contributed by atoms with van der Waals surface area (Å²) in [5.74, 6) is 1.81. The molecule has 0 aliphatic carbocycles. The van der Waals surface area contributed by atoms with Crippen LogP contribution in [0.25, 0.3) is 0 Å². The quantitative estimate of drug-likeness (QED) is 0.834. The van der Waals surface area contributed by atoms with Gasteiger partial charge in [0.1, 0.15) is 5.37 Å². The zero-order valence-electron chi connectivity index (χ0n) is 10.6. The minimum absolute atomic E-state index is 0.264. The number of thioether (sulfide) groups is 1. The van der Waals surface area contributed by atoms with Crippen LogP contribution in [0.15, 0.2) is 12.1 Å². The van der Waals surface area contributed by atoms with Crippen LogP contribution in [0.1, 0.15) is 35.4 Å². The van der Waals surface area contributed by atoms with Gasteiger partial charge in [0.2, 0.25) is 5.91 Å². The van der Waals surface area contributed by atoms with E-state index in [2.05, 4.69) is 37.8 Å². The van der Waals surface area contributed by atoms with Crippen molar-refractivity contribution in [1.82, 2.24) is 4.90 Å². The highest BCUT2D eigenvalue weighted by atomic mass is 32.2. The zero-order chi connectivity index (χ0) is 12.4. The van der Waals surface area contributed by atoms with E-state index in [-0.39, 0.29) is 5.37 Å². The van der Waals surface area contributed by atoms with Crippen LogP contribution in [0, 0.1) is 12.8 Å². The maximum atomic E-state index is 12.2. The molecule has 17 heavy (non-hydrogen) atoms. The highest BCUT2D eigenvalue weighted by molar-refractivity contribution is 7.99. The van der Waals surface area contributed by atoms with Gasteiger partial charge in [0.15, 0.2) is 0 Å². The summed E-state index contributed by atoms with van der Waals surface area (Å²) < 4.78 is 0. The molecular formula is C13H19NOS2. The molecule has 0 saturated carbocycles. The van der Waals surface area contributed by atoms with Gasteiger partial charge >= 0.3 is 0 Å². The zero-order valence-corrected chi connectivity index (χ0v) is 12.2. The molecule has 2 heterocycles. The lowest BCUT2D eigenvalue weighted by Gasteiger charge is -2.23. The third kappa shape index (κ3) is 3.05. The number of amides is 1. The molecule has 1 aromatic heterocycles. The largest absolute Gasteiger partial charge is 0.325 e. The molecule has 94 valence electrons. The summed E-state index contributed by atoms with van der Waals surface area (Å²) in [6, 6.07) is 4.31. The second-order valence-corrected chi connectivity index (χ2v) is 7.36. The molecule has 1 aliphatic heterocycles. The summed E-state index contributed by atoms with van der Waals surface area (Å²) in [5, 5.41) is 0.264. The van der Waals surface area contributed by atoms with Crippen molar-refractivity contribution in [2.45, 2.75) is 32.6 Å². The Bertz CT molecular complexity index is 400. The highest BCUT2D eigenvalue weighted by Gasteiger charge is 2.31. The first-order valence-electron chi connectivity index (χ1n) is 6.05.